The molecule has 0 aliphatic heterocycles. The number of hydrogen-bond donors (Lipinski definition) is 0. The second-order valence-corrected chi connectivity index (χ2v) is 11.1. The fourth-order valence-electron chi connectivity index (χ4n) is 4.66. The van der Waals surface area contributed by atoms with Gasteiger partial charge in [-0.2, -0.15) is 13.2 Å². The fraction of sp³-hybridized carbons (Fsp3) is 0.486. The summed E-state index contributed by atoms with van der Waals surface area (Å²) in [6.45, 7) is 4.77. The molecule has 1 atom stereocenters. The molecule has 1 heterocycles. The van der Waals surface area contributed by atoms with Crippen molar-refractivity contribution < 1.29 is 41.4 Å². The third kappa shape index (κ3) is 12.1. The maximum atomic E-state index is 14.7. The van der Waals surface area contributed by atoms with Crippen molar-refractivity contribution in [3.8, 4) is 22.9 Å². The van der Waals surface area contributed by atoms with Crippen LogP contribution in [0, 0.1) is 5.82 Å². The van der Waals surface area contributed by atoms with E-state index in [-0.39, 0.29) is 17.7 Å². The number of unbranched alkanes of at least 4 members (excludes halogenated alkanes) is 9. The molecular formula is C35H42F4N2O5. The minimum Gasteiger partial charge on any atom is -0.494 e. The summed E-state index contributed by atoms with van der Waals surface area (Å²) >= 11 is 0. The Kier molecular flexibility index (Phi) is 14.9. The van der Waals surface area contributed by atoms with Crippen molar-refractivity contribution in [1.29, 1.82) is 0 Å². The minimum absolute atomic E-state index is 0.0154. The van der Waals surface area contributed by atoms with Crippen LogP contribution in [0.5, 0.6) is 11.5 Å². The highest BCUT2D eigenvalue weighted by Crippen LogP contribution is 2.29. The van der Waals surface area contributed by atoms with Gasteiger partial charge in [0.25, 0.3) is 0 Å². The molecule has 0 amide bonds. The lowest BCUT2D eigenvalue weighted by atomic mass is 10.1. The highest BCUT2D eigenvalue weighted by Gasteiger charge is 2.42. The number of esters is 2. The van der Waals surface area contributed by atoms with Gasteiger partial charge in [-0.15, -0.1) is 0 Å². The Morgan fingerprint density at radius 1 is 0.761 bits per heavy atom. The molecule has 2 aromatic carbocycles. The average Bonchev–Trinajstić information content (AvgIpc) is 3.03. The molecule has 1 aromatic heterocycles. The van der Waals surface area contributed by atoms with Crippen LogP contribution in [-0.4, -0.2) is 40.8 Å². The quantitative estimate of drug-likeness (QED) is 0.0555. The number of halogens is 4. The molecule has 3 aromatic rings. The van der Waals surface area contributed by atoms with Gasteiger partial charge < -0.3 is 14.2 Å². The summed E-state index contributed by atoms with van der Waals surface area (Å²) in [6.07, 6.45) is 5.79. The number of hydrogen-bond acceptors (Lipinski definition) is 7. The first-order valence-electron chi connectivity index (χ1n) is 16.0. The van der Waals surface area contributed by atoms with Gasteiger partial charge in [0.05, 0.1) is 17.7 Å². The van der Waals surface area contributed by atoms with Gasteiger partial charge in [0.1, 0.15) is 17.3 Å². The molecule has 0 spiro atoms. The maximum Gasteiger partial charge on any atom is 0.425 e. The highest BCUT2D eigenvalue weighted by atomic mass is 19.4. The molecule has 0 aliphatic carbocycles. The first-order valence-corrected chi connectivity index (χ1v) is 16.0. The van der Waals surface area contributed by atoms with E-state index in [4.69, 9.17) is 9.47 Å². The third-order valence-electron chi connectivity index (χ3n) is 7.32. The molecule has 0 radical (unpaired) electrons. The first-order chi connectivity index (χ1) is 22.1. The van der Waals surface area contributed by atoms with Crippen LogP contribution in [0.2, 0.25) is 0 Å². The van der Waals surface area contributed by atoms with Crippen molar-refractivity contribution in [3.05, 3.63) is 71.8 Å². The third-order valence-corrected chi connectivity index (χ3v) is 7.32. The van der Waals surface area contributed by atoms with Crippen molar-refractivity contribution in [2.45, 2.75) is 103 Å². The summed E-state index contributed by atoms with van der Waals surface area (Å²) in [5.74, 6) is -2.69. The van der Waals surface area contributed by atoms with Gasteiger partial charge in [-0.05, 0) is 55.7 Å². The van der Waals surface area contributed by atoms with Crippen LogP contribution in [0.25, 0.3) is 11.4 Å². The number of carbonyl (C=O) groups excluding carboxylic acids is 2. The van der Waals surface area contributed by atoms with E-state index >= 15 is 0 Å². The fourth-order valence-corrected chi connectivity index (χ4v) is 4.66. The number of nitrogens with zero attached hydrogens (tertiary/aromatic N) is 2. The SMILES string of the molecule is CCCCCCCCCOc1ccc(-c2ncc(C(=O)Oc3ccc(C(=O)OC(CCCCCC)C(F)(F)F)c(F)c3)cn2)cc1. The lowest BCUT2D eigenvalue weighted by Crippen LogP contribution is -2.34. The summed E-state index contributed by atoms with van der Waals surface area (Å²) in [5, 5.41) is 0. The lowest BCUT2D eigenvalue weighted by Gasteiger charge is -2.21. The van der Waals surface area contributed by atoms with Crippen molar-refractivity contribution >= 4 is 11.9 Å². The van der Waals surface area contributed by atoms with Gasteiger partial charge in [-0.25, -0.2) is 23.9 Å². The standard InChI is InChI=1S/C35H42F4N2O5/c1-3-5-7-9-10-11-13-21-44-27-17-15-25(16-18-27)32-40-23-26(24-41-32)33(42)45-28-19-20-29(30(36)22-28)34(43)46-31(35(37,38)39)14-12-8-6-4-2/h15-20,22-24,31H,3-14,21H2,1-2H3. The summed E-state index contributed by atoms with van der Waals surface area (Å²) < 4.78 is 70.4. The van der Waals surface area contributed by atoms with E-state index in [1.165, 1.54) is 44.5 Å². The van der Waals surface area contributed by atoms with Crippen molar-refractivity contribution in [2.24, 2.45) is 0 Å². The molecule has 250 valence electrons. The molecule has 0 N–H and O–H groups in total. The Balaban J connectivity index is 1.51. The first kappa shape index (κ1) is 36.4. The number of alkyl halides is 3. The van der Waals surface area contributed by atoms with Gasteiger partial charge in [0.15, 0.2) is 11.9 Å². The van der Waals surface area contributed by atoms with Crippen LogP contribution < -0.4 is 9.47 Å². The normalized spacial score (nSPS) is 12.0. The molecule has 0 bridgehead atoms. The van der Waals surface area contributed by atoms with Gasteiger partial charge >= 0.3 is 18.1 Å². The second kappa shape index (κ2) is 18.8. The highest BCUT2D eigenvalue weighted by molar-refractivity contribution is 5.92. The molecule has 11 heteroatoms. The number of rotatable bonds is 19. The number of carbonyl (C=O) groups is 2. The summed E-state index contributed by atoms with van der Waals surface area (Å²) in [4.78, 5) is 33.4. The zero-order valence-corrected chi connectivity index (χ0v) is 26.4. The van der Waals surface area contributed by atoms with Crippen LogP contribution in [0.15, 0.2) is 54.9 Å². The monoisotopic (exact) mass is 646 g/mol. The van der Waals surface area contributed by atoms with E-state index in [1.54, 1.807) is 0 Å². The molecule has 3 rings (SSSR count). The molecule has 1 unspecified atom stereocenters. The van der Waals surface area contributed by atoms with Crippen LogP contribution >= 0.6 is 0 Å². The molecule has 0 fully saturated rings. The largest absolute Gasteiger partial charge is 0.494 e. The van der Waals surface area contributed by atoms with E-state index in [0.717, 1.165) is 49.6 Å². The second-order valence-electron chi connectivity index (χ2n) is 11.1. The Morgan fingerprint density at radius 2 is 1.35 bits per heavy atom. The van der Waals surface area contributed by atoms with Gasteiger partial charge in [-0.3, -0.25) is 0 Å². The predicted octanol–water partition coefficient (Wildman–Crippen LogP) is 9.69. The molecule has 7 nitrogen and oxygen atoms in total. The molecule has 0 aliphatic rings. The summed E-state index contributed by atoms with van der Waals surface area (Å²) in [7, 11) is 0. The molecular weight excluding hydrogens is 604 g/mol. The van der Waals surface area contributed by atoms with Gasteiger partial charge in [0.2, 0.25) is 0 Å². The number of aromatic nitrogens is 2. The van der Waals surface area contributed by atoms with E-state index in [2.05, 4.69) is 21.6 Å². The van der Waals surface area contributed by atoms with Gasteiger partial charge in [-0.1, -0.05) is 71.6 Å². The van der Waals surface area contributed by atoms with E-state index in [0.29, 0.717) is 24.4 Å². The van der Waals surface area contributed by atoms with E-state index < -0.39 is 42.0 Å². The van der Waals surface area contributed by atoms with E-state index in [9.17, 15) is 27.2 Å². The Labute approximate surface area is 267 Å². The van der Waals surface area contributed by atoms with Crippen LogP contribution in [0.3, 0.4) is 0 Å². The van der Waals surface area contributed by atoms with Crippen molar-refractivity contribution in [2.75, 3.05) is 6.61 Å². The zero-order chi connectivity index (χ0) is 33.4. The van der Waals surface area contributed by atoms with Crippen molar-refractivity contribution in [1.82, 2.24) is 9.97 Å². The Hall–Kier alpha value is -4.02. The zero-order valence-electron chi connectivity index (χ0n) is 26.4. The van der Waals surface area contributed by atoms with Crippen LogP contribution in [0.4, 0.5) is 17.6 Å². The van der Waals surface area contributed by atoms with Gasteiger partial charge in [0, 0.05) is 24.0 Å². The molecule has 0 saturated heterocycles. The van der Waals surface area contributed by atoms with E-state index in [1.807, 2.05) is 31.2 Å². The summed E-state index contributed by atoms with van der Waals surface area (Å²) in [6, 6.07) is 10.0. The maximum absolute atomic E-state index is 14.7. The Morgan fingerprint density at radius 3 is 1.96 bits per heavy atom. The smallest absolute Gasteiger partial charge is 0.425 e. The molecule has 0 saturated carbocycles. The lowest BCUT2D eigenvalue weighted by molar-refractivity contribution is -0.206. The van der Waals surface area contributed by atoms with Crippen LogP contribution in [0.1, 0.15) is 112 Å². The molecule has 46 heavy (non-hydrogen) atoms. The number of ether oxygens (including phenoxy) is 3. The number of benzene rings is 2. The van der Waals surface area contributed by atoms with Crippen LogP contribution in [-0.2, 0) is 4.74 Å². The topological polar surface area (TPSA) is 87.6 Å². The Bertz CT molecular complexity index is 1360. The predicted molar refractivity (Wildman–Crippen MR) is 166 cm³/mol. The minimum atomic E-state index is -4.78. The average molecular weight is 647 g/mol. The van der Waals surface area contributed by atoms with Crippen molar-refractivity contribution in [3.63, 3.8) is 0 Å². The summed E-state index contributed by atoms with van der Waals surface area (Å²) in [5.41, 5.74) is -0.00985.